The van der Waals surface area contributed by atoms with E-state index >= 15 is 0 Å². The Morgan fingerprint density at radius 3 is 2.45 bits per heavy atom. The first-order valence-corrected chi connectivity index (χ1v) is 7.33. The highest BCUT2D eigenvalue weighted by atomic mass is 19.4. The molecular weight excluding hydrogens is 265 g/mol. The fourth-order valence-electron chi connectivity index (χ4n) is 3.16. The van der Waals surface area contributed by atoms with Gasteiger partial charge in [-0.1, -0.05) is 31.9 Å². The van der Waals surface area contributed by atoms with Crippen molar-refractivity contribution >= 4 is 0 Å². The average molecular weight is 286 g/mol. The molecule has 0 amide bonds. The largest absolute Gasteiger partial charge is 0.573 e. The van der Waals surface area contributed by atoms with Crippen LogP contribution in [0.15, 0.2) is 24.3 Å². The molecule has 0 saturated heterocycles. The summed E-state index contributed by atoms with van der Waals surface area (Å²) in [4.78, 5) is 0. The van der Waals surface area contributed by atoms with Crippen LogP contribution in [0.25, 0.3) is 0 Å². The van der Waals surface area contributed by atoms with Crippen LogP contribution in [-0.2, 0) is 0 Å². The van der Waals surface area contributed by atoms with E-state index in [1.165, 1.54) is 37.8 Å². The Kier molecular flexibility index (Phi) is 4.95. The van der Waals surface area contributed by atoms with Crippen molar-refractivity contribution in [2.45, 2.75) is 57.7 Å². The average Bonchev–Trinajstić information content (AvgIpc) is 2.38. The molecule has 0 aliphatic heterocycles. The van der Waals surface area contributed by atoms with Gasteiger partial charge < -0.3 is 4.74 Å². The maximum atomic E-state index is 12.2. The van der Waals surface area contributed by atoms with Gasteiger partial charge in [-0.05, 0) is 55.2 Å². The summed E-state index contributed by atoms with van der Waals surface area (Å²) >= 11 is 0. The quantitative estimate of drug-likeness (QED) is 0.694. The van der Waals surface area contributed by atoms with Crippen molar-refractivity contribution in [3.8, 4) is 5.75 Å². The van der Waals surface area contributed by atoms with E-state index in [9.17, 15) is 13.2 Å². The van der Waals surface area contributed by atoms with Crippen LogP contribution >= 0.6 is 0 Å². The normalized spacial score (nSPS) is 23.6. The van der Waals surface area contributed by atoms with Crippen LogP contribution in [0.1, 0.15) is 56.9 Å². The second kappa shape index (κ2) is 6.51. The van der Waals surface area contributed by atoms with Crippen LogP contribution in [0.2, 0.25) is 0 Å². The van der Waals surface area contributed by atoms with Crippen LogP contribution < -0.4 is 4.74 Å². The third-order valence-electron chi connectivity index (χ3n) is 4.11. The Morgan fingerprint density at radius 1 is 1.15 bits per heavy atom. The summed E-state index contributed by atoms with van der Waals surface area (Å²) in [5.74, 6) is 1.07. The number of benzene rings is 1. The summed E-state index contributed by atoms with van der Waals surface area (Å²) in [6.45, 7) is 2.20. The van der Waals surface area contributed by atoms with E-state index in [-0.39, 0.29) is 5.75 Å². The number of alkyl halides is 3. The summed E-state index contributed by atoms with van der Waals surface area (Å²) < 4.78 is 40.7. The fraction of sp³-hybridized carbons (Fsp3) is 0.625. The summed E-state index contributed by atoms with van der Waals surface area (Å²) in [5.41, 5.74) is 0.974. The molecule has 0 radical (unpaired) electrons. The van der Waals surface area contributed by atoms with Crippen molar-refractivity contribution in [2.24, 2.45) is 5.92 Å². The van der Waals surface area contributed by atoms with Gasteiger partial charge in [0.2, 0.25) is 0 Å². The second-order valence-corrected chi connectivity index (χ2v) is 5.63. The van der Waals surface area contributed by atoms with Gasteiger partial charge in [-0.15, -0.1) is 13.2 Å². The van der Waals surface area contributed by atoms with Crippen molar-refractivity contribution in [2.75, 3.05) is 0 Å². The van der Waals surface area contributed by atoms with Gasteiger partial charge in [-0.2, -0.15) is 0 Å². The van der Waals surface area contributed by atoms with E-state index < -0.39 is 6.36 Å². The first-order chi connectivity index (χ1) is 9.48. The first kappa shape index (κ1) is 15.2. The van der Waals surface area contributed by atoms with Crippen LogP contribution in [0.4, 0.5) is 13.2 Å². The Labute approximate surface area is 118 Å². The van der Waals surface area contributed by atoms with Gasteiger partial charge in [0.1, 0.15) is 5.75 Å². The van der Waals surface area contributed by atoms with E-state index in [0.717, 1.165) is 24.3 Å². The summed E-state index contributed by atoms with van der Waals surface area (Å²) in [5, 5.41) is 0. The maximum absolute atomic E-state index is 12.2. The third-order valence-corrected chi connectivity index (χ3v) is 4.11. The second-order valence-electron chi connectivity index (χ2n) is 5.63. The van der Waals surface area contributed by atoms with Crippen molar-refractivity contribution in [1.29, 1.82) is 0 Å². The molecule has 20 heavy (non-hydrogen) atoms. The molecular formula is C16H21F3O. The zero-order valence-electron chi connectivity index (χ0n) is 11.7. The lowest BCUT2D eigenvalue weighted by Crippen LogP contribution is -2.17. The lowest BCUT2D eigenvalue weighted by Gasteiger charge is -2.28. The minimum Gasteiger partial charge on any atom is -0.406 e. The molecule has 1 fully saturated rings. The SMILES string of the molecule is CCCC1CCC(c2cccc(OC(F)(F)F)c2)CC1. The first-order valence-electron chi connectivity index (χ1n) is 7.33. The lowest BCUT2D eigenvalue weighted by molar-refractivity contribution is -0.274. The Hall–Kier alpha value is -1.19. The van der Waals surface area contributed by atoms with E-state index in [1.54, 1.807) is 6.07 Å². The van der Waals surface area contributed by atoms with E-state index in [4.69, 9.17) is 0 Å². The van der Waals surface area contributed by atoms with Crippen molar-refractivity contribution in [3.63, 3.8) is 0 Å². The molecule has 0 spiro atoms. The number of hydrogen-bond donors (Lipinski definition) is 0. The number of halogens is 3. The van der Waals surface area contributed by atoms with Gasteiger partial charge in [-0.3, -0.25) is 0 Å². The van der Waals surface area contributed by atoms with Crippen molar-refractivity contribution < 1.29 is 17.9 Å². The third kappa shape index (κ3) is 4.43. The van der Waals surface area contributed by atoms with Gasteiger partial charge in [-0.25, -0.2) is 0 Å². The molecule has 1 aromatic carbocycles. The molecule has 1 saturated carbocycles. The summed E-state index contributed by atoms with van der Waals surface area (Å²) in [7, 11) is 0. The Bertz CT molecular complexity index is 420. The summed E-state index contributed by atoms with van der Waals surface area (Å²) in [6.07, 6.45) is 2.37. The molecule has 112 valence electrons. The zero-order valence-corrected chi connectivity index (χ0v) is 11.7. The highest BCUT2D eigenvalue weighted by Gasteiger charge is 2.31. The monoisotopic (exact) mass is 286 g/mol. The highest BCUT2D eigenvalue weighted by molar-refractivity contribution is 5.31. The lowest BCUT2D eigenvalue weighted by atomic mass is 9.77. The molecule has 2 rings (SSSR count). The number of rotatable bonds is 4. The van der Waals surface area contributed by atoms with Crippen LogP contribution in [0.5, 0.6) is 5.75 Å². The minimum absolute atomic E-state index is 0.106. The van der Waals surface area contributed by atoms with E-state index in [1.807, 2.05) is 6.07 Å². The van der Waals surface area contributed by atoms with Gasteiger partial charge in [0, 0.05) is 0 Å². The van der Waals surface area contributed by atoms with Crippen LogP contribution in [0.3, 0.4) is 0 Å². The molecule has 0 bridgehead atoms. The minimum atomic E-state index is -4.61. The number of hydrogen-bond acceptors (Lipinski definition) is 1. The zero-order chi connectivity index (χ0) is 14.6. The molecule has 0 heterocycles. The van der Waals surface area contributed by atoms with Crippen molar-refractivity contribution in [3.05, 3.63) is 29.8 Å². The van der Waals surface area contributed by atoms with E-state index in [2.05, 4.69) is 11.7 Å². The van der Waals surface area contributed by atoms with Gasteiger partial charge in [0.25, 0.3) is 0 Å². The molecule has 1 nitrogen and oxygen atoms in total. The number of ether oxygens (including phenoxy) is 1. The molecule has 1 aromatic rings. The van der Waals surface area contributed by atoms with Gasteiger partial charge >= 0.3 is 6.36 Å². The maximum Gasteiger partial charge on any atom is 0.573 e. The molecule has 1 aliphatic rings. The Balaban J connectivity index is 1.98. The van der Waals surface area contributed by atoms with Crippen molar-refractivity contribution in [1.82, 2.24) is 0 Å². The van der Waals surface area contributed by atoms with Gasteiger partial charge in [0.05, 0.1) is 0 Å². The predicted molar refractivity (Wildman–Crippen MR) is 72.7 cm³/mol. The molecule has 4 heteroatoms. The topological polar surface area (TPSA) is 9.23 Å². The highest BCUT2D eigenvalue weighted by Crippen LogP contribution is 2.38. The standard InChI is InChI=1S/C16H21F3O/c1-2-4-12-7-9-13(10-8-12)14-5-3-6-15(11-14)20-16(17,18)19/h3,5-6,11-13H,2,4,7-10H2,1H3. The van der Waals surface area contributed by atoms with Crippen LogP contribution in [0, 0.1) is 5.92 Å². The van der Waals surface area contributed by atoms with Crippen LogP contribution in [-0.4, -0.2) is 6.36 Å². The summed E-state index contributed by atoms with van der Waals surface area (Å²) in [6, 6.07) is 6.46. The fourth-order valence-corrected chi connectivity index (χ4v) is 3.16. The van der Waals surface area contributed by atoms with Gasteiger partial charge in [0.15, 0.2) is 0 Å². The Morgan fingerprint density at radius 2 is 1.85 bits per heavy atom. The van der Waals surface area contributed by atoms with E-state index in [0.29, 0.717) is 5.92 Å². The molecule has 1 aliphatic carbocycles. The smallest absolute Gasteiger partial charge is 0.406 e. The molecule has 0 N–H and O–H groups in total. The molecule has 0 aromatic heterocycles. The molecule has 0 atom stereocenters. The molecule has 0 unspecified atom stereocenters. The predicted octanol–water partition coefficient (Wildman–Crippen LogP) is 5.66.